The highest BCUT2D eigenvalue weighted by Gasteiger charge is 2.41. The second-order valence-electron chi connectivity index (χ2n) is 7.41. The van der Waals surface area contributed by atoms with Crippen molar-refractivity contribution < 1.29 is 38.0 Å². The molecule has 0 fully saturated rings. The molecule has 0 amide bonds. The first-order valence-electron chi connectivity index (χ1n) is 9.89. The molecular weight excluding hydrogens is 416 g/mol. The van der Waals surface area contributed by atoms with E-state index in [2.05, 4.69) is 0 Å². The van der Waals surface area contributed by atoms with E-state index in [1.165, 1.54) is 28.3 Å². The molecule has 0 aromatic heterocycles. The Balaban J connectivity index is 1.94. The van der Waals surface area contributed by atoms with Crippen LogP contribution in [0.3, 0.4) is 0 Å². The highest BCUT2D eigenvalue weighted by Crippen LogP contribution is 2.51. The van der Waals surface area contributed by atoms with Gasteiger partial charge in [0, 0.05) is 10.9 Å². The van der Waals surface area contributed by atoms with Crippen LogP contribution in [0.15, 0.2) is 30.3 Å². The van der Waals surface area contributed by atoms with Crippen molar-refractivity contribution >= 4 is 22.5 Å². The summed E-state index contributed by atoms with van der Waals surface area (Å²) in [6.07, 6.45) is -1.06. The molecule has 164 valence electrons. The molecule has 32 heavy (non-hydrogen) atoms. The summed E-state index contributed by atoms with van der Waals surface area (Å²) in [6, 6.07) is 8.97. The van der Waals surface area contributed by atoms with E-state index >= 15 is 0 Å². The van der Waals surface area contributed by atoms with Crippen LogP contribution in [0, 0.1) is 0 Å². The summed E-state index contributed by atoms with van der Waals surface area (Å²) in [5, 5.41) is 1.33. The van der Waals surface area contributed by atoms with Crippen molar-refractivity contribution in [2.24, 2.45) is 0 Å². The zero-order chi connectivity index (χ0) is 22.6. The Hall–Kier alpha value is -3.94. The third-order valence-electron chi connectivity index (χ3n) is 5.73. The number of cyclic esters (lactones) is 1. The maximum absolute atomic E-state index is 13.1. The number of ether oxygens (including phenoxy) is 6. The standard InChI is InChI=1S/C24H20O8/c1-11(25)22-21-20(24(26)32-22)19(12-5-6-15-18(7-12)31-10-30-15)13-8-16(27-2)17(28-3)9-14(13)23(21)29-4/h5-9,22H,10H2,1-4H3. The van der Waals surface area contributed by atoms with Crippen molar-refractivity contribution in [2.75, 3.05) is 28.1 Å². The van der Waals surface area contributed by atoms with Gasteiger partial charge in [0.2, 0.25) is 6.79 Å². The number of rotatable bonds is 5. The van der Waals surface area contributed by atoms with Gasteiger partial charge in [0.15, 0.2) is 34.9 Å². The molecule has 5 rings (SSSR count). The molecular formula is C24H20O8. The Morgan fingerprint density at radius 2 is 1.59 bits per heavy atom. The average Bonchev–Trinajstić information content (AvgIpc) is 3.40. The zero-order valence-corrected chi connectivity index (χ0v) is 17.9. The van der Waals surface area contributed by atoms with Crippen LogP contribution < -0.4 is 23.7 Å². The maximum atomic E-state index is 13.1. The Morgan fingerprint density at radius 3 is 2.25 bits per heavy atom. The monoisotopic (exact) mass is 436 g/mol. The van der Waals surface area contributed by atoms with E-state index in [0.29, 0.717) is 56.2 Å². The zero-order valence-electron chi connectivity index (χ0n) is 17.9. The number of ketones is 1. The van der Waals surface area contributed by atoms with Crippen molar-refractivity contribution in [3.05, 3.63) is 41.5 Å². The van der Waals surface area contributed by atoms with Crippen LogP contribution in [-0.4, -0.2) is 39.9 Å². The van der Waals surface area contributed by atoms with Gasteiger partial charge in [0.05, 0.1) is 32.5 Å². The van der Waals surface area contributed by atoms with Gasteiger partial charge in [-0.2, -0.15) is 0 Å². The number of fused-ring (bicyclic) bond motifs is 3. The summed E-state index contributed by atoms with van der Waals surface area (Å²) in [5.41, 5.74) is 1.97. The number of hydrogen-bond donors (Lipinski definition) is 0. The summed E-state index contributed by atoms with van der Waals surface area (Å²) in [6.45, 7) is 1.51. The highest BCUT2D eigenvalue weighted by molar-refractivity contribution is 6.16. The van der Waals surface area contributed by atoms with Crippen LogP contribution >= 0.6 is 0 Å². The fourth-order valence-electron chi connectivity index (χ4n) is 4.35. The molecule has 0 radical (unpaired) electrons. The largest absolute Gasteiger partial charge is 0.496 e. The average molecular weight is 436 g/mol. The molecule has 0 saturated carbocycles. The molecule has 0 saturated heterocycles. The van der Waals surface area contributed by atoms with Crippen LogP contribution in [0.2, 0.25) is 0 Å². The predicted molar refractivity (Wildman–Crippen MR) is 114 cm³/mol. The van der Waals surface area contributed by atoms with Crippen molar-refractivity contribution in [1.29, 1.82) is 0 Å². The SMILES string of the molecule is COc1cc2c(OC)c3c(c(-c4ccc5c(c4)OCO5)c2cc1OC)C(=O)OC3C(C)=O. The minimum atomic E-state index is -1.06. The van der Waals surface area contributed by atoms with Gasteiger partial charge in [-0.25, -0.2) is 4.79 Å². The van der Waals surface area contributed by atoms with Crippen LogP contribution in [0.1, 0.15) is 28.9 Å². The molecule has 1 atom stereocenters. The van der Waals surface area contributed by atoms with E-state index in [-0.39, 0.29) is 18.1 Å². The molecule has 2 aliphatic rings. The quantitative estimate of drug-likeness (QED) is 0.553. The molecule has 0 spiro atoms. The maximum Gasteiger partial charge on any atom is 0.340 e. The van der Waals surface area contributed by atoms with E-state index in [0.717, 1.165) is 0 Å². The Labute approximate surface area is 183 Å². The minimum absolute atomic E-state index is 0.125. The van der Waals surface area contributed by atoms with Gasteiger partial charge in [-0.15, -0.1) is 0 Å². The summed E-state index contributed by atoms with van der Waals surface area (Å²) >= 11 is 0. The highest BCUT2D eigenvalue weighted by atomic mass is 16.7. The number of esters is 1. The molecule has 0 bridgehead atoms. The summed E-state index contributed by atoms with van der Waals surface area (Å²) in [4.78, 5) is 25.4. The third kappa shape index (κ3) is 2.76. The molecule has 3 aromatic carbocycles. The van der Waals surface area contributed by atoms with Crippen LogP contribution in [0.25, 0.3) is 21.9 Å². The number of Topliss-reactive ketones (excluding diaryl/α,β-unsaturated/α-hetero) is 1. The van der Waals surface area contributed by atoms with E-state index in [9.17, 15) is 9.59 Å². The molecule has 2 aliphatic heterocycles. The van der Waals surface area contributed by atoms with Gasteiger partial charge in [0.25, 0.3) is 0 Å². The lowest BCUT2D eigenvalue weighted by Crippen LogP contribution is -2.09. The van der Waals surface area contributed by atoms with Gasteiger partial charge in [-0.3, -0.25) is 4.79 Å². The predicted octanol–water partition coefficient (Wildman–Crippen LogP) is 4.06. The molecule has 1 unspecified atom stereocenters. The normalized spacial score (nSPS) is 16.0. The minimum Gasteiger partial charge on any atom is -0.496 e. The first-order valence-corrected chi connectivity index (χ1v) is 9.89. The topological polar surface area (TPSA) is 89.5 Å². The van der Waals surface area contributed by atoms with Crippen molar-refractivity contribution in [1.82, 2.24) is 0 Å². The number of carbonyl (C=O) groups is 2. The van der Waals surface area contributed by atoms with Crippen LogP contribution in [0.4, 0.5) is 0 Å². The smallest absolute Gasteiger partial charge is 0.340 e. The van der Waals surface area contributed by atoms with Gasteiger partial charge < -0.3 is 28.4 Å². The van der Waals surface area contributed by atoms with E-state index in [4.69, 9.17) is 28.4 Å². The number of hydrogen-bond acceptors (Lipinski definition) is 8. The fraction of sp³-hybridized carbons (Fsp3) is 0.250. The number of carbonyl (C=O) groups excluding carboxylic acids is 2. The Kier molecular flexibility index (Phi) is 4.58. The van der Waals surface area contributed by atoms with Crippen molar-refractivity contribution in [3.63, 3.8) is 0 Å². The fourth-order valence-corrected chi connectivity index (χ4v) is 4.35. The summed E-state index contributed by atoms with van der Waals surface area (Å²) < 4.78 is 33.2. The number of methoxy groups -OCH3 is 3. The lowest BCUT2D eigenvalue weighted by molar-refractivity contribution is -0.125. The summed E-state index contributed by atoms with van der Waals surface area (Å²) in [7, 11) is 4.56. The van der Waals surface area contributed by atoms with E-state index in [1.54, 1.807) is 24.3 Å². The van der Waals surface area contributed by atoms with Crippen LogP contribution in [-0.2, 0) is 9.53 Å². The van der Waals surface area contributed by atoms with Crippen molar-refractivity contribution in [2.45, 2.75) is 13.0 Å². The van der Waals surface area contributed by atoms with Gasteiger partial charge in [-0.1, -0.05) is 6.07 Å². The van der Waals surface area contributed by atoms with Gasteiger partial charge in [-0.05, 0) is 42.1 Å². The van der Waals surface area contributed by atoms with Gasteiger partial charge in [0.1, 0.15) is 5.75 Å². The molecule has 8 nitrogen and oxygen atoms in total. The van der Waals surface area contributed by atoms with Crippen LogP contribution in [0.5, 0.6) is 28.7 Å². The molecule has 2 heterocycles. The van der Waals surface area contributed by atoms with E-state index < -0.39 is 12.1 Å². The second-order valence-corrected chi connectivity index (χ2v) is 7.41. The third-order valence-corrected chi connectivity index (χ3v) is 5.73. The first kappa shape index (κ1) is 20.0. The molecule has 0 aliphatic carbocycles. The van der Waals surface area contributed by atoms with Gasteiger partial charge >= 0.3 is 5.97 Å². The summed E-state index contributed by atoms with van der Waals surface area (Å²) in [5.74, 6) is 1.64. The molecule has 8 heteroatoms. The Bertz CT molecular complexity index is 1290. The first-order chi connectivity index (χ1) is 15.5. The van der Waals surface area contributed by atoms with E-state index in [1.807, 2.05) is 6.07 Å². The second kappa shape index (κ2) is 7.33. The molecule has 3 aromatic rings. The molecule has 0 N–H and O–H groups in total. The lowest BCUT2D eigenvalue weighted by Gasteiger charge is -2.19. The van der Waals surface area contributed by atoms with Crippen molar-refractivity contribution in [3.8, 4) is 39.9 Å². The lowest BCUT2D eigenvalue weighted by atomic mass is 9.87. The number of benzene rings is 3. The Morgan fingerprint density at radius 1 is 0.906 bits per heavy atom.